The molecule has 4 nitrogen and oxygen atoms in total. The average Bonchev–Trinajstić information content (AvgIpc) is 2.45. The van der Waals surface area contributed by atoms with E-state index in [0.29, 0.717) is 11.3 Å². The topological polar surface area (TPSA) is 66.4 Å². The van der Waals surface area contributed by atoms with E-state index in [1.54, 1.807) is 12.1 Å². The Hall–Kier alpha value is -2.27. The quantitative estimate of drug-likeness (QED) is 0.828. The van der Waals surface area contributed by atoms with Gasteiger partial charge in [-0.05, 0) is 29.8 Å². The third-order valence-corrected chi connectivity index (χ3v) is 3.84. The number of carboxylic acid groups (broad SMARTS) is 1. The van der Waals surface area contributed by atoms with Crippen LogP contribution in [0, 0.1) is 0 Å². The van der Waals surface area contributed by atoms with E-state index in [4.69, 9.17) is 5.11 Å². The number of nitrogens with one attached hydrogen (secondary N) is 1. The van der Waals surface area contributed by atoms with E-state index in [9.17, 15) is 9.59 Å². The first-order valence-electron chi connectivity index (χ1n) is 6.38. The average molecular weight is 301 g/mol. The maximum Gasteiger partial charge on any atom is 0.335 e. The minimum absolute atomic E-state index is 0.117. The van der Waals surface area contributed by atoms with Crippen molar-refractivity contribution in [2.24, 2.45) is 0 Å². The van der Waals surface area contributed by atoms with Crippen molar-refractivity contribution in [1.29, 1.82) is 0 Å². The molecule has 0 heterocycles. The number of rotatable bonds is 5. The maximum atomic E-state index is 11.2. The van der Waals surface area contributed by atoms with Gasteiger partial charge in [-0.25, -0.2) is 4.79 Å². The monoisotopic (exact) mass is 301 g/mol. The Labute approximate surface area is 127 Å². The van der Waals surface area contributed by atoms with Crippen LogP contribution in [0.5, 0.6) is 0 Å². The Balaban J connectivity index is 2.10. The molecule has 0 spiro atoms. The van der Waals surface area contributed by atoms with Gasteiger partial charge in [0.05, 0.1) is 5.56 Å². The van der Waals surface area contributed by atoms with Crippen LogP contribution in [0.2, 0.25) is 0 Å². The largest absolute Gasteiger partial charge is 0.478 e. The molecule has 1 amide bonds. The molecule has 0 unspecified atom stereocenters. The summed E-state index contributed by atoms with van der Waals surface area (Å²) in [7, 11) is 0. The molecule has 0 aliphatic carbocycles. The number of hydrogen-bond donors (Lipinski definition) is 2. The zero-order valence-corrected chi connectivity index (χ0v) is 12.3. The lowest BCUT2D eigenvalue weighted by Gasteiger charge is -2.07. The second kappa shape index (κ2) is 6.95. The molecule has 0 atom stereocenters. The van der Waals surface area contributed by atoms with Gasteiger partial charge in [-0.3, -0.25) is 4.79 Å². The molecule has 2 N–H and O–H groups in total. The summed E-state index contributed by atoms with van der Waals surface area (Å²) in [5, 5.41) is 11.9. The number of amides is 1. The summed E-state index contributed by atoms with van der Waals surface area (Å²) in [6.07, 6.45) is 0. The van der Waals surface area contributed by atoms with Gasteiger partial charge in [0.15, 0.2) is 0 Å². The van der Waals surface area contributed by atoms with Crippen LogP contribution < -0.4 is 5.32 Å². The number of aromatic carboxylic acids is 1. The fraction of sp³-hybridized carbons (Fsp3) is 0.125. The van der Waals surface area contributed by atoms with Crippen molar-refractivity contribution < 1.29 is 14.7 Å². The zero-order chi connectivity index (χ0) is 15.2. The number of thioether (sulfide) groups is 1. The number of benzene rings is 2. The number of carbonyl (C=O) groups excluding carboxylic acids is 1. The van der Waals surface area contributed by atoms with Crippen LogP contribution >= 0.6 is 11.8 Å². The van der Waals surface area contributed by atoms with Gasteiger partial charge in [-0.1, -0.05) is 24.3 Å². The van der Waals surface area contributed by atoms with Gasteiger partial charge in [0.2, 0.25) is 5.91 Å². The highest BCUT2D eigenvalue weighted by atomic mass is 32.2. The van der Waals surface area contributed by atoms with Crippen LogP contribution in [0.25, 0.3) is 0 Å². The second-order valence-corrected chi connectivity index (χ2v) is 5.51. The van der Waals surface area contributed by atoms with E-state index >= 15 is 0 Å². The first-order chi connectivity index (χ1) is 10.1. The summed E-state index contributed by atoms with van der Waals surface area (Å²) in [5.41, 5.74) is 1.84. The Morgan fingerprint density at radius 1 is 1.14 bits per heavy atom. The number of carbonyl (C=O) groups is 2. The van der Waals surface area contributed by atoms with Crippen molar-refractivity contribution in [2.75, 3.05) is 5.32 Å². The normalized spacial score (nSPS) is 10.1. The molecule has 0 saturated heterocycles. The van der Waals surface area contributed by atoms with E-state index in [2.05, 4.69) is 5.32 Å². The Morgan fingerprint density at radius 3 is 2.62 bits per heavy atom. The van der Waals surface area contributed by atoms with Crippen LogP contribution in [0.1, 0.15) is 22.8 Å². The third kappa shape index (κ3) is 4.36. The molecule has 2 aromatic carbocycles. The molecule has 0 saturated carbocycles. The number of hydrogen-bond acceptors (Lipinski definition) is 3. The van der Waals surface area contributed by atoms with Crippen LogP contribution in [0.3, 0.4) is 0 Å². The number of carboxylic acids is 1. The summed E-state index contributed by atoms with van der Waals surface area (Å²) in [5.74, 6) is -0.474. The Kier molecular flexibility index (Phi) is 5.00. The number of anilines is 1. The molecule has 5 heteroatoms. The SMILES string of the molecule is CC(=O)Nc1cccc(SCc2ccccc2C(=O)O)c1. The standard InChI is InChI=1S/C16H15NO3S/c1-11(18)17-13-6-4-7-14(9-13)21-10-12-5-2-3-8-15(12)16(19)20/h2-9H,10H2,1H3,(H,17,18)(H,19,20). The highest BCUT2D eigenvalue weighted by Gasteiger charge is 2.09. The third-order valence-electron chi connectivity index (χ3n) is 2.80. The lowest BCUT2D eigenvalue weighted by atomic mass is 10.1. The van der Waals surface area contributed by atoms with Crippen LogP contribution in [-0.2, 0) is 10.5 Å². The zero-order valence-electron chi connectivity index (χ0n) is 11.5. The fourth-order valence-corrected chi connectivity index (χ4v) is 2.84. The van der Waals surface area contributed by atoms with Crippen molar-refractivity contribution in [3.63, 3.8) is 0 Å². The van der Waals surface area contributed by atoms with Gasteiger partial charge >= 0.3 is 5.97 Å². The summed E-state index contributed by atoms with van der Waals surface area (Å²) < 4.78 is 0. The van der Waals surface area contributed by atoms with Crippen molar-refractivity contribution in [3.8, 4) is 0 Å². The smallest absolute Gasteiger partial charge is 0.335 e. The van der Waals surface area contributed by atoms with Gasteiger partial charge in [0.25, 0.3) is 0 Å². The predicted octanol–water partition coefficient (Wildman–Crippen LogP) is 3.64. The molecule has 21 heavy (non-hydrogen) atoms. The van der Waals surface area contributed by atoms with Crippen molar-refractivity contribution in [1.82, 2.24) is 0 Å². The molecular formula is C16H15NO3S. The summed E-state index contributed by atoms with van der Waals surface area (Å²) in [4.78, 5) is 23.2. The van der Waals surface area contributed by atoms with Crippen LogP contribution in [-0.4, -0.2) is 17.0 Å². The lowest BCUT2D eigenvalue weighted by molar-refractivity contribution is -0.114. The predicted molar refractivity (Wildman–Crippen MR) is 83.7 cm³/mol. The molecule has 2 rings (SSSR count). The Morgan fingerprint density at radius 2 is 1.90 bits per heavy atom. The summed E-state index contributed by atoms with van der Waals surface area (Å²) in [6, 6.07) is 14.4. The van der Waals surface area contributed by atoms with Crippen molar-refractivity contribution in [3.05, 3.63) is 59.7 Å². The summed E-state index contributed by atoms with van der Waals surface area (Å²) in [6.45, 7) is 1.46. The minimum Gasteiger partial charge on any atom is -0.478 e. The lowest BCUT2D eigenvalue weighted by Crippen LogP contribution is -2.05. The summed E-state index contributed by atoms with van der Waals surface area (Å²) >= 11 is 1.53. The molecule has 0 radical (unpaired) electrons. The minimum atomic E-state index is -0.918. The van der Waals surface area contributed by atoms with E-state index in [1.165, 1.54) is 18.7 Å². The molecule has 0 aliphatic rings. The van der Waals surface area contributed by atoms with Gasteiger partial charge in [-0.15, -0.1) is 11.8 Å². The van der Waals surface area contributed by atoms with Crippen LogP contribution in [0.4, 0.5) is 5.69 Å². The molecule has 2 aromatic rings. The van der Waals surface area contributed by atoms with E-state index in [0.717, 1.165) is 16.1 Å². The van der Waals surface area contributed by atoms with Gasteiger partial charge < -0.3 is 10.4 Å². The van der Waals surface area contributed by atoms with Crippen molar-refractivity contribution >= 4 is 29.3 Å². The highest BCUT2D eigenvalue weighted by Crippen LogP contribution is 2.26. The van der Waals surface area contributed by atoms with E-state index in [1.807, 2.05) is 36.4 Å². The van der Waals surface area contributed by atoms with E-state index < -0.39 is 5.97 Å². The van der Waals surface area contributed by atoms with Gasteiger partial charge in [0.1, 0.15) is 0 Å². The highest BCUT2D eigenvalue weighted by molar-refractivity contribution is 7.98. The maximum absolute atomic E-state index is 11.2. The Bertz CT molecular complexity index is 670. The molecule has 108 valence electrons. The van der Waals surface area contributed by atoms with Gasteiger partial charge in [-0.2, -0.15) is 0 Å². The molecule has 0 fully saturated rings. The van der Waals surface area contributed by atoms with Crippen LogP contribution in [0.15, 0.2) is 53.4 Å². The first-order valence-corrected chi connectivity index (χ1v) is 7.36. The molecular weight excluding hydrogens is 286 g/mol. The first kappa shape index (κ1) is 15.1. The fourth-order valence-electron chi connectivity index (χ4n) is 1.88. The van der Waals surface area contributed by atoms with Crippen molar-refractivity contribution in [2.45, 2.75) is 17.6 Å². The molecule has 0 bridgehead atoms. The van der Waals surface area contributed by atoms with E-state index in [-0.39, 0.29) is 5.91 Å². The van der Waals surface area contributed by atoms with Gasteiger partial charge in [0, 0.05) is 23.3 Å². The molecule has 0 aliphatic heterocycles. The second-order valence-electron chi connectivity index (χ2n) is 4.46. The molecule has 0 aromatic heterocycles.